The third kappa shape index (κ3) is 1.84. The Morgan fingerprint density at radius 1 is 1.20 bits per heavy atom. The van der Waals surface area contributed by atoms with Crippen LogP contribution in [0.1, 0.15) is 11.1 Å². The quantitative estimate of drug-likeness (QED) is 0.557. The van der Waals surface area contributed by atoms with Gasteiger partial charge in [-0.25, -0.2) is 13.2 Å². The Morgan fingerprint density at radius 3 is 2.27 bits per heavy atom. The molecule has 82 valence electrons. The number of benzene rings is 1. The fraction of sp³-hybridized carbons (Fsp3) is 0.273. The first-order chi connectivity index (χ1) is 7.04. The van der Waals surface area contributed by atoms with E-state index in [1.165, 1.54) is 20.1 Å². The Bertz CT molecular complexity index is 400. The number of hydrogen-bond acceptors (Lipinski definition) is 1. The van der Waals surface area contributed by atoms with Crippen LogP contribution in [-0.4, -0.2) is 7.11 Å². The third-order valence-electron chi connectivity index (χ3n) is 2.14. The molecule has 1 aromatic rings. The van der Waals surface area contributed by atoms with Crippen LogP contribution in [0.3, 0.4) is 0 Å². The molecule has 0 aliphatic carbocycles. The lowest BCUT2D eigenvalue weighted by Crippen LogP contribution is -2.05. The van der Waals surface area contributed by atoms with Crippen molar-refractivity contribution in [2.24, 2.45) is 0 Å². The van der Waals surface area contributed by atoms with Crippen molar-refractivity contribution in [1.82, 2.24) is 0 Å². The zero-order chi connectivity index (χ0) is 11.6. The van der Waals surface area contributed by atoms with E-state index in [1.54, 1.807) is 0 Å². The van der Waals surface area contributed by atoms with Crippen LogP contribution in [0, 0.1) is 24.4 Å². The lowest BCUT2D eigenvalue weighted by Gasteiger charge is -2.11. The van der Waals surface area contributed by atoms with Gasteiger partial charge in [-0.05, 0) is 13.3 Å². The van der Waals surface area contributed by atoms with E-state index < -0.39 is 17.5 Å². The van der Waals surface area contributed by atoms with Crippen LogP contribution >= 0.6 is 0 Å². The van der Waals surface area contributed by atoms with Crippen LogP contribution in [0.2, 0.25) is 0 Å². The smallest absolute Gasteiger partial charge is 0.171 e. The molecule has 0 radical (unpaired) electrons. The van der Waals surface area contributed by atoms with Gasteiger partial charge in [-0.1, -0.05) is 6.08 Å². The predicted molar refractivity (Wildman–Crippen MR) is 51.5 cm³/mol. The molecule has 0 spiro atoms. The molecule has 1 nitrogen and oxygen atoms in total. The molecule has 0 N–H and O–H groups in total. The molecule has 0 aliphatic heterocycles. The molecule has 15 heavy (non-hydrogen) atoms. The van der Waals surface area contributed by atoms with Crippen molar-refractivity contribution >= 4 is 0 Å². The Kier molecular flexibility index (Phi) is 3.39. The van der Waals surface area contributed by atoms with Crippen LogP contribution in [0.15, 0.2) is 12.7 Å². The summed E-state index contributed by atoms with van der Waals surface area (Å²) in [5, 5.41) is 0. The highest BCUT2D eigenvalue weighted by Crippen LogP contribution is 2.30. The second kappa shape index (κ2) is 4.38. The van der Waals surface area contributed by atoms with Gasteiger partial charge in [-0.2, -0.15) is 0 Å². The van der Waals surface area contributed by atoms with E-state index in [-0.39, 0.29) is 23.3 Å². The van der Waals surface area contributed by atoms with Crippen LogP contribution in [0.4, 0.5) is 13.2 Å². The maximum Gasteiger partial charge on any atom is 0.171 e. The molecule has 0 saturated carbocycles. The van der Waals surface area contributed by atoms with E-state index in [0.29, 0.717) is 0 Å². The molecule has 0 atom stereocenters. The molecule has 0 aromatic heterocycles. The summed E-state index contributed by atoms with van der Waals surface area (Å²) < 4.78 is 44.9. The SMILES string of the molecule is C=CCc1c(F)c(F)c(C)c(OC)c1F. The number of rotatable bonds is 3. The highest BCUT2D eigenvalue weighted by atomic mass is 19.2. The zero-order valence-corrected chi connectivity index (χ0v) is 8.53. The van der Waals surface area contributed by atoms with E-state index in [9.17, 15) is 13.2 Å². The summed E-state index contributed by atoms with van der Waals surface area (Å²) >= 11 is 0. The fourth-order valence-corrected chi connectivity index (χ4v) is 1.36. The van der Waals surface area contributed by atoms with Gasteiger partial charge in [0.05, 0.1) is 7.11 Å². The lowest BCUT2D eigenvalue weighted by molar-refractivity contribution is 0.367. The van der Waals surface area contributed by atoms with Crippen molar-refractivity contribution in [2.75, 3.05) is 7.11 Å². The average molecular weight is 216 g/mol. The van der Waals surface area contributed by atoms with Crippen LogP contribution in [-0.2, 0) is 6.42 Å². The van der Waals surface area contributed by atoms with Gasteiger partial charge in [0.1, 0.15) is 0 Å². The minimum absolute atomic E-state index is 0.0781. The Hall–Kier alpha value is -1.45. The summed E-state index contributed by atoms with van der Waals surface area (Å²) in [4.78, 5) is 0. The lowest BCUT2D eigenvalue weighted by atomic mass is 10.1. The molecule has 0 heterocycles. The Morgan fingerprint density at radius 2 is 1.80 bits per heavy atom. The number of halogens is 3. The summed E-state index contributed by atoms with van der Waals surface area (Å²) in [7, 11) is 1.21. The summed E-state index contributed by atoms with van der Waals surface area (Å²) in [6.45, 7) is 4.61. The van der Waals surface area contributed by atoms with Gasteiger partial charge in [-0.3, -0.25) is 0 Å². The normalized spacial score (nSPS) is 10.2. The molecular formula is C11H11F3O. The van der Waals surface area contributed by atoms with Gasteiger partial charge < -0.3 is 4.74 Å². The number of ether oxygens (including phenoxy) is 1. The Balaban J connectivity index is 3.52. The second-order valence-corrected chi connectivity index (χ2v) is 3.07. The van der Waals surface area contributed by atoms with Crippen molar-refractivity contribution in [2.45, 2.75) is 13.3 Å². The molecule has 0 saturated heterocycles. The summed E-state index contributed by atoms with van der Waals surface area (Å²) in [6.07, 6.45) is 1.22. The van der Waals surface area contributed by atoms with Crippen molar-refractivity contribution in [3.8, 4) is 5.75 Å². The summed E-state index contributed by atoms with van der Waals surface area (Å²) in [5.41, 5.74) is -0.523. The average Bonchev–Trinajstić information content (AvgIpc) is 2.22. The first-order valence-corrected chi connectivity index (χ1v) is 4.35. The van der Waals surface area contributed by atoms with Gasteiger partial charge in [0.15, 0.2) is 23.2 Å². The Labute approximate surface area is 86.2 Å². The molecule has 0 bridgehead atoms. The van der Waals surface area contributed by atoms with Crippen molar-refractivity contribution in [3.05, 3.63) is 41.2 Å². The third-order valence-corrected chi connectivity index (χ3v) is 2.14. The van der Waals surface area contributed by atoms with Crippen molar-refractivity contribution < 1.29 is 17.9 Å². The first kappa shape index (κ1) is 11.6. The molecule has 0 amide bonds. The zero-order valence-electron chi connectivity index (χ0n) is 8.53. The van der Waals surface area contributed by atoms with Crippen LogP contribution in [0.25, 0.3) is 0 Å². The van der Waals surface area contributed by atoms with E-state index in [2.05, 4.69) is 11.3 Å². The molecule has 0 aliphatic rings. The van der Waals surface area contributed by atoms with E-state index >= 15 is 0 Å². The second-order valence-electron chi connectivity index (χ2n) is 3.07. The molecule has 0 fully saturated rings. The standard InChI is InChI=1S/C11H11F3O/c1-4-5-7-9(13)8(12)6(2)11(15-3)10(7)14/h4H,1,5H2,2-3H3. The summed E-state index contributed by atoms with van der Waals surface area (Å²) in [6, 6.07) is 0. The minimum atomic E-state index is -1.18. The number of allylic oxidation sites excluding steroid dienone is 1. The maximum atomic E-state index is 13.6. The fourth-order valence-electron chi connectivity index (χ4n) is 1.36. The molecule has 1 rings (SSSR count). The highest BCUT2D eigenvalue weighted by molar-refractivity contribution is 5.41. The topological polar surface area (TPSA) is 9.23 Å². The van der Waals surface area contributed by atoms with Crippen LogP contribution in [0.5, 0.6) is 5.75 Å². The molecule has 0 unspecified atom stereocenters. The van der Waals surface area contributed by atoms with Gasteiger partial charge in [0, 0.05) is 11.1 Å². The number of hydrogen-bond donors (Lipinski definition) is 0. The van der Waals surface area contributed by atoms with Crippen molar-refractivity contribution in [1.29, 1.82) is 0 Å². The van der Waals surface area contributed by atoms with Gasteiger partial charge >= 0.3 is 0 Å². The van der Waals surface area contributed by atoms with E-state index in [1.807, 2.05) is 0 Å². The minimum Gasteiger partial charge on any atom is -0.493 e. The first-order valence-electron chi connectivity index (χ1n) is 4.35. The van der Waals surface area contributed by atoms with Crippen molar-refractivity contribution in [3.63, 3.8) is 0 Å². The van der Waals surface area contributed by atoms with Gasteiger partial charge in [0.25, 0.3) is 0 Å². The van der Waals surface area contributed by atoms with Gasteiger partial charge in [-0.15, -0.1) is 6.58 Å². The molecular weight excluding hydrogens is 205 g/mol. The largest absolute Gasteiger partial charge is 0.493 e. The van der Waals surface area contributed by atoms with E-state index in [0.717, 1.165) is 0 Å². The summed E-state index contributed by atoms with van der Waals surface area (Å²) in [5.74, 6) is -3.38. The predicted octanol–water partition coefficient (Wildman–Crippen LogP) is 3.15. The molecule has 1 aromatic carbocycles. The monoisotopic (exact) mass is 216 g/mol. The maximum absolute atomic E-state index is 13.6. The molecule has 4 heteroatoms. The van der Waals surface area contributed by atoms with E-state index in [4.69, 9.17) is 0 Å². The highest BCUT2D eigenvalue weighted by Gasteiger charge is 2.22. The van der Waals surface area contributed by atoms with Crippen LogP contribution < -0.4 is 4.74 Å². The number of methoxy groups -OCH3 is 1. The van der Waals surface area contributed by atoms with Gasteiger partial charge in [0.2, 0.25) is 0 Å².